The number of carbonyl (C=O) groups excluding carboxylic acids is 3. The molecule has 17 nitrogen and oxygen atoms in total. The van der Waals surface area contributed by atoms with Crippen LogP contribution in [0.5, 0.6) is 0 Å². The summed E-state index contributed by atoms with van der Waals surface area (Å²) in [5.74, 6) is -2.50. The van der Waals surface area contributed by atoms with Crippen molar-refractivity contribution in [2.75, 3.05) is 26.4 Å². The molecule has 0 aromatic rings. The molecule has 0 aromatic heterocycles. The van der Waals surface area contributed by atoms with E-state index in [2.05, 4.69) is 47.2 Å². The second kappa shape index (κ2) is 34.9. The van der Waals surface area contributed by atoms with Crippen LogP contribution in [0.15, 0.2) is 48.6 Å². The summed E-state index contributed by atoms with van der Waals surface area (Å²) in [6.07, 6.45) is 23.2. The molecule has 0 aromatic carbocycles. The summed E-state index contributed by atoms with van der Waals surface area (Å²) in [5, 5.41) is 41.1. The predicted molar refractivity (Wildman–Crippen MR) is 237 cm³/mol. The van der Waals surface area contributed by atoms with Gasteiger partial charge < -0.3 is 44.6 Å². The first-order valence-electron chi connectivity index (χ1n) is 22.5. The van der Waals surface area contributed by atoms with Crippen molar-refractivity contribution in [1.29, 1.82) is 0 Å². The van der Waals surface area contributed by atoms with Crippen LogP contribution in [0.25, 0.3) is 0 Å². The molecule has 7 N–H and O–H groups in total. The van der Waals surface area contributed by atoms with Gasteiger partial charge in [0.25, 0.3) is 0 Å². The van der Waals surface area contributed by atoms with E-state index >= 15 is 0 Å². The summed E-state index contributed by atoms with van der Waals surface area (Å²) in [6.45, 7) is 1.15. The lowest BCUT2D eigenvalue weighted by atomic mass is 9.87. The minimum absolute atomic E-state index is 0.00470. The molecule has 1 unspecified atom stereocenters. The van der Waals surface area contributed by atoms with Crippen molar-refractivity contribution in [1.82, 2.24) is 0 Å². The van der Waals surface area contributed by atoms with Crippen LogP contribution >= 0.6 is 15.6 Å². The van der Waals surface area contributed by atoms with Gasteiger partial charge in [-0.1, -0.05) is 94.6 Å². The minimum atomic E-state index is -4.91. The molecule has 0 spiro atoms. The fourth-order valence-electron chi connectivity index (χ4n) is 6.64. The highest BCUT2D eigenvalue weighted by atomic mass is 31.2. The van der Waals surface area contributed by atoms with Crippen molar-refractivity contribution in [3.05, 3.63) is 48.6 Å². The molecular weight excluding hydrogens is 862 g/mol. The Labute approximate surface area is 373 Å². The quantitative estimate of drug-likeness (QED) is 0.0142. The van der Waals surface area contributed by atoms with Crippen LogP contribution in [-0.2, 0) is 46.6 Å². The molecule has 1 rings (SSSR count). The molecule has 0 heterocycles. The number of hydrogen-bond donors (Lipinski definition) is 7. The van der Waals surface area contributed by atoms with Crippen LogP contribution in [0.3, 0.4) is 0 Å². The molecular formula is C44H76O17P2. The lowest BCUT2D eigenvalue weighted by molar-refractivity contribution is -0.161. The van der Waals surface area contributed by atoms with Gasteiger partial charge in [-0.25, -0.2) is 9.13 Å². The van der Waals surface area contributed by atoms with E-state index in [4.69, 9.17) is 23.8 Å². The average Bonchev–Trinajstić information content (AvgIpc) is 3.49. The lowest BCUT2D eigenvalue weighted by Crippen LogP contribution is -2.30. The normalized spacial score (nSPS) is 20.8. The van der Waals surface area contributed by atoms with E-state index in [0.717, 1.165) is 44.9 Å². The topological polar surface area (TPSA) is 273 Å². The largest absolute Gasteiger partial charge is 0.472 e. The Morgan fingerprint density at radius 3 is 1.87 bits per heavy atom. The van der Waals surface area contributed by atoms with Crippen molar-refractivity contribution >= 4 is 33.4 Å². The molecule has 364 valence electrons. The van der Waals surface area contributed by atoms with Crippen molar-refractivity contribution in [3.63, 3.8) is 0 Å². The summed E-state index contributed by atoms with van der Waals surface area (Å²) >= 11 is 0. The lowest BCUT2D eigenvalue weighted by Gasteiger charge is -2.21. The van der Waals surface area contributed by atoms with Gasteiger partial charge in [-0.15, -0.1) is 0 Å². The predicted octanol–water partition coefficient (Wildman–Crippen LogP) is 7.01. The van der Waals surface area contributed by atoms with Gasteiger partial charge in [-0.3, -0.25) is 28.0 Å². The zero-order valence-electron chi connectivity index (χ0n) is 37.2. The van der Waals surface area contributed by atoms with Gasteiger partial charge in [0.15, 0.2) is 6.10 Å². The van der Waals surface area contributed by atoms with Crippen LogP contribution in [0.2, 0.25) is 0 Å². The number of phosphoric ester groups is 2. The van der Waals surface area contributed by atoms with E-state index in [1.807, 2.05) is 12.2 Å². The maximum Gasteiger partial charge on any atom is 0.472 e. The molecule has 0 saturated heterocycles. The van der Waals surface area contributed by atoms with Crippen LogP contribution in [-0.4, -0.2) is 110 Å². The number of ketones is 1. The standard InChI is InChI=1S/C44H76O17P2/c1-3-5-7-8-9-10-11-12-13-14-15-16-17-18-20-26-44(51)61-38(34-60-63(55,56)59-32-37(47)31-58-62(52,53)54)33-57-43(50)25-22-21-24-36(46)29-40-39(41(48)30-42(40)49)28-27-35(45)23-19-6-4-2/h9-10,12-13,15-16,27-28,35,37-42,45,47-49H,3-8,11,14,17-26,29-34H2,1-2H3,(H,55,56)(H2,52,53,54)/b10-9-,13-12-,16-15-,28-27+/t35-,37-,38+,39+,40+,41+,42-/m0/s1. The van der Waals surface area contributed by atoms with Crippen molar-refractivity contribution in [2.45, 2.75) is 173 Å². The Hall–Kier alpha value is -2.37. The fraction of sp³-hybridized carbons (Fsp3) is 0.750. The van der Waals surface area contributed by atoms with Gasteiger partial charge in [0, 0.05) is 43.9 Å². The number of ether oxygens (including phenoxy) is 2. The number of esters is 2. The van der Waals surface area contributed by atoms with Crippen LogP contribution < -0.4 is 0 Å². The first kappa shape index (κ1) is 58.6. The molecule has 0 bridgehead atoms. The smallest absolute Gasteiger partial charge is 0.462 e. The third-order valence-electron chi connectivity index (χ3n) is 10.2. The van der Waals surface area contributed by atoms with Crippen LogP contribution in [0.4, 0.5) is 0 Å². The second-order valence-corrected chi connectivity index (χ2v) is 18.6. The van der Waals surface area contributed by atoms with E-state index in [9.17, 15) is 48.8 Å². The monoisotopic (exact) mass is 938 g/mol. The Kier molecular flexibility index (Phi) is 32.5. The third kappa shape index (κ3) is 32.0. The molecule has 1 fully saturated rings. The summed E-state index contributed by atoms with van der Waals surface area (Å²) in [6, 6.07) is 0. The number of rotatable bonds is 38. The number of phosphoric acid groups is 2. The van der Waals surface area contributed by atoms with Crippen molar-refractivity contribution < 1.29 is 81.7 Å². The van der Waals surface area contributed by atoms with E-state index < -0.39 is 96.4 Å². The molecule has 0 aliphatic heterocycles. The summed E-state index contributed by atoms with van der Waals surface area (Å²) in [5.41, 5.74) is 0. The second-order valence-electron chi connectivity index (χ2n) is 15.9. The summed E-state index contributed by atoms with van der Waals surface area (Å²) < 4.78 is 47.6. The molecule has 1 aliphatic carbocycles. The van der Waals surface area contributed by atoms with Gasteiger partial charge in [0.1, 0.15) is 18.5 Å². The van der Waals surface area contributed by atoms with Gasteiger partial charge in [-0.2, -0.15) is 0 Å². The highest BCUT2D eigenvalue weighted by Gasteiger charge is 2.41. The first-order valence-corrected chi connectivity index (χ1v) is 25.5. The number of carbonyl (C=O) groups is 3. The molecule has 0 amide bonds. The van der Waals surface area contributed by atoms with Gasteiger partial charge in [-0.05, 0) is 64.2 Å². The van der Waals surface area contributed by atoms with Gasteiger partial charge in [0.05, 0.1) is 38.1 Å². The third-order valence-corrected chi connectivity index (χ3v) is 11.6. The fourth-order valence-corrected chi connectivity index (χ4v) is 7.80. The number of Topliss-reactive ketones (excluding diaryl/α,β-unsaturated/α-hetero) is 1. The highest BCUT2D eigenvalue weighted by Crippen LogP contribution is 2.44. The molecule has 0 radical (unpaired) electrons. The number of allylic oxidation sites excluding steroid dienone is 6. The SMILES string of the molecule is CCCCC/C=C\C/C=C\C/C=C\CCCCC(=O)O[C@H](COC(=O)CCCCC(=O)C[C@@H]1[C@@H](/C=C/[C@@H](O)CCCCC)[C@H](O)C[C@@H]1O)COP(=O)(O)OC[C@@H](O)COP(=O)(O)O. The highest BCUT2D eigenvalue weighted by molar-refractivity contribution is 7.47. The molecule has 1 aliphatic rings. The number of aliphatic hydroxyl groups is 4. The summed E-state index contributed by atoms with van der Waals surface area (Å²) in [7, 11) is -9.82. The van der Waals surface area contributed by atoms with Gasteiger partial charge in [0.2, 0.25) is 0 Å². The van der Waals surface area contributed by atoms with E-state index in [1.165, 1.54) is 19.3 Å². The van der Waals surface area contributed by atoms with Gasteiger partial charge >= 0.3 is 27.6 Å². The maximum absolute atomic E-state index is 12.8. The molecule has 19 heteroatoms. The number of aliphatic hydroxyl groups excluding tert-OH is 4. The maximum atomic E-state index is 12.8. The zero-order valence-corrected chi connectivity index (χ0v) is 39.0. The zero-order chi connectivity index (χ0) is 46.9. The Morgan fingerprint density at radius 2 is 1.22 bits per heavy atom. The van der Waals surface area contributed by atoms with E-state index in [1.54, 1.807) is 12.2 Å². The Balaban J connectivity index is 2.61. The molecule has 8 atom stereocenters. The Bertz CT molecular complexity index is 1480. The number of hydrogen-bond acceptors (Lipinski definition) is 14. The van der Waals surface area contributed by atoms with Crippen molar-refractivity contribution in [2.24, 2.45) is 11.8 Å². The summed E-state index contributed by atoms with van der Waals surface area (Å²) in [4.78, 5) is 65.8. The van der Waals surface area contributed by atoms with Crippen LogP contribution in [0.1, 0.15) is 142 Å². The average molecular weight is 939 g/mol. The van der Waals surface area contributed by atoms with Crippen molar-refractivity contribution in [3.8, 4) is 0 Å². The minimum Gasteiger partial charge on any atom is -0.462 e. The van der Waals surface area contributed by atoms with Crippen LogP contribution in [0, 0.1) is 11.8 Å². The Morgan fingerprint density at radius 1 is 0.667 bits per heavy atom. The first-order chi connectivity index (χ1) is 30.0. The molecule has 1 saturated carbocycles. The number of unbranched alkanes of at least 4 members (excludes halogenated alkanes) is 8. The molecule has 63 heavy (non-hydrogen) atoms. The van der Waals surface area contributed by atoms with E-state index in [-0.39, 0.29) is 44.3 Å². The van der Waals surface area contributed by atoms with E-state index in [0.29, 0.717) is 25.7 Å².